The zero-order valence-corrected chi connectivity index (χ0v) is 12.8. The average Bonchev–Trinajstić information content (AvgIpc) is 2.46. The highest BCUT2D eigenvalue weighted by Gasteiger charge is 1.98. The summed E-state index contributed by atoms with van der Waals surface area (Å²) in [6, 6.07) is 7.83. The van der Waals surface area contributed by atoms with Gasteiger partial charge in [-0.2, -0.15) is 0 Å². The molecule has 0 fully saturated rings. The Morgan fingerprint density at radius 2 is 1.70 bits per heavy atom. The second-order valence-electron chi connectivity index (χ2n) is 4.68. The summed E-state index contributed by atoms with van der Waals surface area (Å²) in [7, 11) is 1.75. The van der Waals surface area contributed by atoms with Gasteiger partial charge < -0.3 is 19.5 Å². The van der Waals surface area contributed by atoms with Crippen LogP contribution in [0.4, 0.5) is 0 Å². The molecule has 0 aliphatic rings. The van der Waals surface area contributed by atoms with Crippen LogP contribution in [0.2, 0.25) is 0 Å². The first-order chi connectivity index (χ1) is 9.86. The third-order valence-electron chi connectivity index (χ3n) is 2.94. The van der Waals surface area contributed by atoms with E-state index in [4.69, 9.17) is 14.2 Å². The normalized spacial score (nSPS) is 10.5. The van der Waals surface area contributed by atoms with Gasteiger partial charge in [-0.15, -0.1) is 0 Å². The summed E-state index contributed by atoms with van der Waals surface area (Å²) in [5.74, 6) is 1.76. The summed E-state index contributed by atoms with van der Waals surface area (Å²) in [6.45, 7) is 6.59. The van der Waals surface area contributed by atoms with Gasteiger partial charge in [-0.1, -0.05) is 6.07 Å². The Bertz CT molecular complexity index is 344. The standard InChI is InChI=1S/C16H27NO3/c1-3-19-15-8-6-9-16(14-15)20-13-5-4-10-17-11-7-12-18-2/h6,8-9,14,17H,3-5,7,10-13H2,1-2H3/p+1. The van der Waals surface area contributed by atoms with Crippen LogP contribution in [0.25, 0.3) is 0 Å². The van der Waals surface area contributed by atoms with Crippen LogP contribution in [0.5, 0.6) is 11.5 Å². The molecule has 1 rings (SSSR count). The van der Waals surface area contributed by atoms with Crippen molar-refractivity contribution in [3.05, 3.63) is 24.3 Å². The van der Waals surface area contributed by atoms with E-state index in [1.165, 1.54) is 6.42 Å². The van der Waals surface area contributed by atoms with Gasteiger partial charge in [0.25, 0.3) is 0 Å². The van der Waals surface area contributed by atoms with Gasteiger partial charge in [0, 0.05) is 19.6 Å². The smallest absolute Gasteiger partial charge is 0.122 e. The van der Waals surface area contributed by atoms with Crippen molar-refractivity contribution in [2.24, 2.45) is 0 Å². The average molecular weight is 282 g/mol. The van der Waals surface area contributed by atoms with Gasteiger partial charge in [-0.25, -0.2) is 0 Å². The highest BCUT2D eigenvalue weighted by Crippen LogP contribution is 2.19. The highest BCUT2D eigenvalue weighted by atomic mass is 16.5. The molecule has 0 unspecified atom stereocenters. The summed E-state index contributed by atoms with van der Waals surface area (Å²) in [5, 5.41) is 2.34. The van der Waals surface area contributed by atoms with E-state index in [0.29, 0.717) is 6.61 Å². The zero-order valence-electron chi connectivity index (χ0n) is 12.8. The summed E-state index contributed by atoms with van der Waals surface area (Å²) in [5.41, 5.74) is 0. The number of quaternary nitrogens is 1. The molecule has 0 saturated heterocycles. The van der Waals surface area contributed by atoms with Crippen molar-refractivity contribution in [2.75, 3.05) is 40.0 Å². The molecule has 0 atom stereocenters. The second-order valence-corrected chi connectivity index (χ2v) is 4.68. The molecule has 20 heavy (non-hydrogen) atoms. The molecular formula is C16H28NO3+. The maximum absolute atomic E-state index is 5.72. The number of hydrogen-bond donors (Lipinski definition) is 1. The second kappa shape index (κ2) is 11.6. The van der Waals surface area contributed by atoms with Crippen LogP contribution in [0.3, 0.4) is 0 Å². The Hall–Kier alpha value is -1.26. The first-order valence-corrected chi connectivity index (χ1v) is 7.53. The van der Waals surface area contributed by atoms with Crippen LogP contribution in [0, 0.1) is 0 Å². The third-order valence-corrected chi connectivity index (χ3v) is 2.94. The molecule has 4 heteroatoms. The van der Waals surface area contributed by atoms with Gasteiger partial charge in [0.2, 0.25) is 0 Å². The number of nitrogens with two attached hydrogens (primary N) is 1. The molecular weight excluding hydrogens is 254 g/mol. The number of hydrogen-bond acceptors (Lipinski definition) is 3. The minimum absolute atomic E-state index is 0.683. The molecule has 0 radical (unpaired) electrons. The van der Waals surface area contributed by atoms with Crippen LogP contribution in [0.1, 0.15) is 26.2 Å². The molecule has 0 aliphatic heterocycles. The van der Waals surface area contributed by atoms with E-state index in [2.05, 4.69) is 5.32 Å². The van der Waals surface area contributed by atoms with Crippen LogP contribution >= 0.6 is 0 Å². The van der Waals surface area contributed by atoms with Crippen molar-refractivity contribution >= 4 is 0 Å². The van der Waals surface area contributed by atoms with Crippen molar-refractivity contribution in [1.82, 2.24) is 0 Å². The lowest BCUT2D eigenvalue weighted by molar-refractivity contribution is -0.655. The van der Waals surface area contributed by atoms with Crippen molar-refractivity contribution in [3.8, 4) is 11.5 Å². The minimum atomic E-state index is 0.683. The largest absolute Gasteiger partial charge is 0.494 e. The fraction of sp³-hybridized carbons (Fsp3) is 0.625. The van der Waals surface area contributed by atoms with Gasteiger partial charge in [-0.05, 0) is 31.9 Å². The molecule has 0 saturated carbocycles. The van der Waals surface area contributed by atoms with E-state index in [1.807, 2.05) is 31.2 Å². The van der Waals surface area contributed by atoms with Gasteiger partial charge in [0.1, 0.15) is 11.5 Å². The predicted molar refractivity (Wildman–Crippen MR) is 80.5 cm³/mol. The molecule has 1 aromatic carbocycles. The predicted octanol–water partition coefficient (Wildman–Crippen LogP) is 1.84. The topological polar surface area (TPSA) is 44.3 Å². The first kappa shape index (κ1) is 16.8. The molecule has 0 spiro atoms. The van der Waals surface area contributed by atoms with Crippen molar-refractivity contribution in [3.63, 3.8) is 0 Å². The van der Waals surface area contributed by atoms with Crippen molar-refractivity contribution in [1.29, 1.82) is 0 Å². The zero-order chi connectivity index (χ0) is 14.5. The molecule has 0 aromatic heterocycles. The summed E-state index contributed by atoms with van der Waals surface area (Å²) in [6.07, 6.45) is 3.38. The van der Waals surface area contributed by atoms with Gasteiger partial charge >= 0.3 is 0 Å². The lowest BCUT2D eigenvalue weighted by Gasteiger charge is -2.08. The highest BCUT2D eigenvalue weighted by molar-refractivity contribution is 5.32. The van der Waals surface area contributed by atoms with Crippen molar-refractivity contribution < 1.29 is 19.5 Å². The maximum Gasteiger partial charge on any atom is 0.122 e. The molecule has 0 heterocycles. The maximum atomic E-state index is 5.72. The Balaban J connectivity index is 2.02. The molecule has 114 valence electrons. The summed E-state index contributed by atoms with van der Waals surface area (Å²) in [4.78, 5) is 0. The van der Waals surface area contributed by atoms with E-state index in [0.717, 1.165) is 50.6 Å². The number of ether oxygens (including phenoxy) is 3. The molecule has 0 bridgehead atoms. The quantitative estimate of drug-likeness (QED) is 0.595. The molecule has 2 N–H and O–H groups in total. The molecule has 4 nitrogen and oxygen atoms in total. The summed E-state index contributed by atoms with van der Waals surface area (Å²) < 4.78 is 16.2. The molecule has 1 aromatic rings. The Kier molecular flexibility index (Phi) is 9.70. The Labute approximate surface area is 122 Å². The lowest BCUT2D eigenvalue weighted by atomic mass is 10.3. The first-order valence-electron chi connectivity index (χ1n) is 7.53. The monoisotopic (exact) mass is 282 g/mol. The van der Waals surface area contributed by atoms with Gasteiger partial charge in [0.15, 0.2) is 0 Å². The van der Waals surface area contributed by atoms with E-state index in [1.54, 1.807) is 7.11 Å². The summed E-state index contributed by atoms with van der Waals surface area (Å²) >= 11 is 0. The SMILES string of the molecule is CCOc1cccc(OCCCC[NH2+]CCCOC)c1. The van der Waals surface area contributed by atoms with E-state index < -0.39 is 0 Å². The van der Waals surface area contributed by atoms with E-state index in [9.17, 15) is 0 Å². The number of benzene rings is 1. The minimum Gasteiger partial charge on any atom is -0.494 e. The van der Waals surface area contributed by atoms with Crippen LogP contribution in [-0.4, -0.2) is 40.0 Å². The number of unbranched alkanes of at least 4 members (excludes halogenated alkanes) is 1. The third kappa shape index (κ3) is 8.02. The fourth-order valence-electron chi connectivity index (χ4n) is 1.92. The van der Waals surface area contributed by atoms with Crippen LogP contribution in [-0.2, 0) is 4.74 Å². The van der Waals surface area contributed by atoms with Gasteiger partial charge in [-0.3, -0.25) is 0 Å². The lowest BCUT2D eigenvalue weighted by Crippen LogP contribution is -2.84. The fourth-order valence-corrected chi connectivity index (χ4v) is 1.92. The Morgan fingerprint density at radius 1 is 0.950 bits per heavy atom. The van der Waals surface area contributed by atoms with Gasteiger partial charge in [0.05, 0.1) is 32.9 Å². The van der Waals surface area contributed by atoms with Crippen molar-refractivity contribution in [2.45, 2.75) is 26.2 Å². The number of rotatable bonds is 12. The Morgan fingerprint density at radius 3 is 2.45 bits per heavy atom. The van der Waals surface area contributed by atoms with E-state index >= 15 is 0 Å². The van der Waals surface area contributed by atoms with Crippen LogP contribution in [0.15, 0.2) is 24.3 Å². The number of methoxy groups -OCH3 is 1. The molecule has 0 aliphatic carbocycles. The van der Waals surface area contributed by atoms with E-state index in [-0.39, 0.29) is 0 Å². The molecule has 0 amide bonds. The van der Waals surface area contributed by atoms with Crippen LogP contribution < -0.4 is 14.8 Å².